The number of ketones is 1. The first-order valence-corrected chi connectivity index (χ1v) is 19.9. The van der Waals surface area contributed by atoms with E-state index in [0.29, 0.717) is 36.5 Å². The average Bonchev–Trinajstić information content (AvgIpc) is 3.06. The molecule has 0 heterocycles. The van der Waals surface area contributed by atoms with Crippen LogP contribution in [0.25, 0.3) is 0 Å². The Bertz CT molecular complexity index is 1450. The molecule has 3 atom stereocenters. The second-order valence-electron chi connectivity index (χ2n) is 16.5. The molecule has 0 aliphatic carbocycles. The minimum absolute atomic E-state index is 0.123. The molecule has 0 saturated heterocycles. The van der Waals surface area contributed by atoms with E-state index in [1.807, 2.05) is 48.5 Å². The van der Waals surface area contributed by atoms with E-state index >= 15 is 0 Å². The predicted molar refractivity (Wildman–Crippen MR) is 214 cm³/mol. The third-order valence-corrected chi connectivity index (χ3v) is 8.69. The lowest BCUT2D eigenvalue weighted by Crippen LogP contribution is -2.52. The number of rotatable bonds is 24. The van der Waals surface area contributed by atoms with Gasteiger partial charge >= 0.3 is 11.9 Å². The van der Waals surface area contributed by atoms with Crippen molar-refractivity contribution in [3.05, 3.63) is 72.3 Å². The van der Waals surface area contributed by atoms with Gasteiger partial charge in [-0.05, 0) is 104 Å². The summed E-state index contributed by atoms with van der Waals surface area (Å²) < 4.78 is 17.1. The molecule has 0 spiro atoms. The van der Waals surface area contributed by atoms with Crippen molar-refractivity contribution in [1.82, 2.24) is 5.32 Å². The van der Waals surface area contributed by atoms with Crippen molar-refractivity contribution < 1.29 is 38.5 Å². The molecule has 0 unspecified atom stereocenters. The number of allylic oxidation sites excluding steroid dienone is 1. The minimum atomic E-state index is -1.82. The van der Waals surface area contributed by atoms with Crippen LogP contribution in [0.3, 0.4) is 0 Å². The molecule has 0 saturated carbocycles. The number of ether oxygens (including phenoxy) is 3. The maximum atomic E-state index is 14.0. The zero-order valence-electron chi connectivity index (χ0n) is 34.2. The summed E-state index contributed by atoms with van der Waals surface area (Å²) >= 11 is 0. The number of unbranched alkanes of at least 4 members (excludes halogenated alkanes) is 8. The Hall–Kier alpha value is -3.98. The van der Waals surface area contributed by atoms with Gasteiger partial charge in [0, 0.05) is 19.3 Å². The Kier molecular flexibility index (Phi) is 19.7. The number of carbonyl (C=O) groups excluding carboxylic acids is 4. The molecule has 2 rings (SSSR count). The predicted octanol–water partition coefficient (Wildman–Crippen LogP) is 9.77. The van der Waals surface area contributed by atoms with E-state index in [1.54, 1.807) is 59.8 Å². The number of para-hydroxylation sites is 1. The van der Waals surface area contributed by atoms with Crippen molar-refractivity contribution in [2.24, 2.45) is 5.92 Å². The van der Waals surface area contributed by atoms with Gasteiger partial charge in [0.15, 0.2) is 0 Å². The van der Waals surface area contributed by atoms with Crippen LogP contribution in [0.2, 0.25) is 0 Å². The van der Waals surface area contributed by atoms with E-state index in [4.69, 9.17) is 14.2 Å². The molecule has 0 radical (unpaired) electrons. The van der Waals surface area contributed by atoms with Crippen LogP contribution in [0.1, 0.15) is 144 Å². The lowest BCUT2D eigenvalue weighted by Gasteiger charge is -2.32. The molecule has 300 valence electrons. The number of hydrogen-bond donors (Lipinski definition) is 2. The van der Waals surface area contributed by atoms with E-state index in [-0.39, 0.29) is 6.42 Å². The van der Waals surface area contributed by atoms with E-state index in [9.17, 15) is 24.3 Å². The lowest BCUT2D eigenvalue weighted by atomic mass is 9.84. The van der Waals surface area contributed by atoms with Crippen molar-refractivity contribution in [3.8, 4) is 11.5 Å². The molecule has 0 bridgehead atoms. The summed E-state index contributed by atoms with van der Waals surface area (Å²) in [5, 5.41) is 14.5. The molecule has 0 aliphatic rings. The standard InChI is InChI=1S/C45H67NO8/c1-9-10-11-14-18-23-35(47)24-19-15-12-13-16-22-27-38(45(8,51)33-40(48)53-43(2,3)4)41(49)46-39(42(50)54-44(5,6)7)32-34-28-30-37(31-29-34)52-36-25-20-17-21-26-36/h17,20-22,25-31,38-39,51H,9-16,18-19,23-24,32-33H2,1-8H3,(H,46,49)/b27-22+/t38-,39+,45+/m1/s1. The summed E-state index contributed by atoms with van der Waals surface area (Å²) in [7, 11) is 0. The summed E-state index contributed by atoms with van der Waals surface area (Å²) in [4.78, 5) is 52.6. The van der Waals surface area contributed by atoms with Gasteiger partial charge in [-0.25, -0.2) is 4.79 Å². The van der Waals surface area contributed by atoms with Crippen molar-refractivity contribution in [3.63, 3.8) is 0 Å². The Morgan fingerprint density at radius 2 is 1.28 bits per heavy atom. The largest absolute Gasteiger partial charge is 0.460 e. The van der Waals surface area contributed by atoms with Gasteiger partial charge in [-0.2, -0.15) is 0 Å². The fraction of sp³-hybridized carbons (Fsp3) is 0.600. The van der Waals surface area contributed by atoms with Gasteiger partial charge in [0.25, 0.3) is 0 Å². The third kappa shape index (κ3) is 19.9. The summed E-state index contributed by atoms with van der Waals surface area (Å²) in [6.07, 6.45) is 14.4. The van der Waals surface area contributed by atoms with Crippen LogP contribution in [0, 0.1) is 5.92 Å². The van der Waals surface area contributed by atoms with Crippen molar-refractivity contribution in [1.29, 1.82) is 0 Å². The molecule has 0 aliphatic heterocycles. The van der Waals surface area contributed by atoms with Crippen LogP contribution in [0.5, 0.6) is 11.5 Å². The van der Waals surface area contributed by atoms with Crippen LogP contribution < -0.4 is 10.1 Å². The number of nitrogens with one attached hydrogen (secondary N) is 1. The molecule has 0 aromatic heterocycles. The lowest BCUT2D eigenvalue weighted by molar-refractivity contribution is -0.164. The van der Waals surface area contributed by atoms with Gasteiger partial charge in [-0.3, -0.25) is 14.4 Å². The molecule has 9 heteroatoms. The van der Waals surface area contributed by atoms with E-state index in [0.717, 1.165) is 44.1 Å². The molecule has 54 heavy (non-hydrogen) atoms. The van der Waals surface area contributed by atoms with Gasteiger partial charge < -0.3 is 24.6 Å². The first-order chi connectivity index (χ1) is 25.4. The first-order valence-electron chi connectivity index (χ1n) is 19.9. The fourth-order valence-corrected chi connectivity index (χ4v) is 5.96. The van der Waals surface area contributed by atoms with Gasteiger partial charge in [-0.1, -0.05) is 87.9 Å². The highest BCUT2D eigenvalue weighted by Crippen LogP contribution is 2.27. The van der Waals surface area contributed by atoms with Crippen LogP contribution in [-0.2, 0) is 35.1 Å². The van der Waals surface area contributed by atoms with E-state index < -0.39 is 53.0 Å². The summed E-state index contributed by atoms with van der Waals surface area (Å²) in [6, 6.07) is 15.5. The Morgan fingerprint density at radius 3 is 1.85 bits per heavy atom. The normalized spacial score (nSPS) is 14.2. The Morgan fingerprint density at radius 1 is 0.722 bits per heavy atom. The van der Waals surface area contributed by atoms with Gasteiger partial charge in [0.1, 0.15) is 34.5 Å². The Balaban J connectivity index is 2.14. The van der Waals surface area contributed by atoms with Crippen LogP contribution >= 0.6 is 0 Å². The topological polar surface area (TPSA) is 128 Å². The number of amides is 1. The molecule has 1 amide bonds. The molecular formula is C45H67NO8. The van der Waals surface area contributed by atoms with E-state index in [2.05, 4.69) is 12.2 Å². The van der Waals surface area contributed by atoms with Gasteiger partial charge in [0.05, 0.1) is 17.9 Å². The first kappa shape index (κ1) is 46.2. The van der Waals surface area contributed by atoms with E-state index in [1.165, 1.54) is 26.2 Å². The monoisotopic (exact) mass is 749 g/mol. The average molecular weight is 750 g/mol. The molecule has 0 fully saturated rings. The zero-order chi connectivity index (χ0) is 40.2. The smallest absolute Gasteiger partial charge is 0.329 e. The highest BCUT2D eigenvalue weighted by atomic mass is 16.6. The molecule has 9 nitrogen and oxygen atoms in total. The number of hydrogen-bond acceptors (Lipinski definition) is 8. The molecule has 2 aromatic carbocycles. The number of esters is 2. The highest BCUT2D eigenvalue weighted by molar-refractivity contribution is 5.88. The summed E-state index contributed by atoms with van der Waals surface area (Å²) in [6.45, 7) is 14.1. The van der Waals surface area contributed by atoms with Crippen molar-refractivity contribution in [2.75, 3.05) is 0 Å². The van der Waals surface area contributed by atoms with Crippen molar-refractivity contribution >= 4 is 23.6 Å². The Labute approximate surface area is 324 Å². The number of benzene rings is 2. The second-order valence-corrected chi connectivity index (χ2v) is 16.5. The highest BCUT2D eigenvalue weighted by Gasteiger charge is 2.40. The zero-order valence-corrected chi connectivity index (χ0v) is 34.2. The van der Waals surface area contributed by atoms with Crippen molar-refractivity contribution in [2.45, 2.75) is 168 Å². The van der Waals surface area contributed by atoms with Crippen LogP contribution in [0.15, 0.2) is 66.7 Å². The fourth-order valence-electron chi connectivity index (χ4n) is 5.96. The van der Waals surface area contributed by atoms with Crippen LogP contribution in [-0.4, -0.2) is 51.6 Å². The van der Waals surface area contributed by atoms with Gasteiger partial charge in [-0.15, -0.1) is 0 Å². The number of carbonyl (C=O) groups is 4. The maximum Gasteiger partial charge on any atom is 0.329 e. The molecule has 2 N–H and O–H groups in total. The summed E-state index contributed by atoms with van der Waals surface area (Å²) in [5.41, 5.74) is -2.65. The second kappa shape index (κ2) is 23.1. The third-order valence-electron chi connectivity index (χ3n) is 8.69. The maximum absolute atomic E-state index is 14.0. The van der Waals surface area contributed by atoms with Crippen LogP contribution in [0.4, 0.5) is 0 Å². The summed E-state index contributed by atoms with van der Waals surface area (Å²) in [5.74, 6) is -1.41. The molecule has 2 aromatic rings. The SMILES string of the molecule is CCCCCCCC(=O)CCCCCC/C=C/[C@H](C(=O)N[C@@H](Cc1ccc(Oc2ccccc2)cc1)C(=O)OC(C)(C)C)[C@@](C)(O)CC(=O)OC(C)(C)C. The quantitative estimate of drug-likeness (QED) is 0.0617. The minimum Gasteiger partial charge on any atom is -0.460 e. The number of aliphatic hydroxyl groups is 1. The number of Topliss-reactive ketones (excluding diaryl/α,β-unsaturated/α-hetero) is 1. The molecular weight excluding hydrogens is 682 g/mol. The van der Waals surface area contributed by atoms with Gasteiger partial charge in [0.2, 0.25) is 5.91 Å².